The van der Waals surface area contributed by atoms with Crippen molar-refractivity contribution in [2.75, 3.05) is 11.1 Å². The predicted octanol–water partition coefficient (Wildman–Crippen LogP) is 2.28. The third-order valence-corrected chi connectivity index (χ3v) is 5.55. The number of benzene rings is 2. The van der Waals surface area contributed by atoms with Crippen molar-refractivity contribution in [2.24, 2.45) is 0 Å². The minimum absolute atomic E-state index is 0.0802. The van der Waals surface area contributed by atoms with E-state index in [1.807, 2.05) is 18.2 Å². The molecule has 0 spiro atoms. The molecule has 1 aliphatic rings. The largest absolute Gasteiger partial charge is 0.334 e. The van der Waals surface area contributed by atoms with Crippen LogP contribution in [0.2, 0.25) is 0 Å². The topological polar surface area (TPSA) is 118 Å². The Hall–Kier alpha value is -3.73. The Kier molecular flexibility index (Phi) is 6.45. The molecule has 1 fully saturated rings. The van der Waals surface area contributed by atoms with Crippen molar-refractivity contribution >= 4 is 35.3 Å². The van der Waals surface area contributed by atoms with E-state index in [1.165, 1.54) is 23.9 Å². The highest BCUT2D eigenvalue weighted by Gasteiger charge is 2.27. The third kappa shape index (κ3) is 5.30. The summed E-state index contributed by atoms with van der Waals surface area (Å²) >= 11 is 1.17. The van der Waals surface area contributed by atoms with Crippen LogP contribution in [-0.4, -0.2) is 44.4 Å². The quantitative estimate of drug-likeness (QED) is 0.472. The molecule has 4 rings (SSSR count). The highest BCUT2D eigenvalue weighted by Crippen LogP contribution is 2.24. The van der Waals surface area contributed by atoms with Gasteiger partial charge in [-0.05, 0) is 36.4 Å². The van der Waals surface area contributed by atoms with Crippen molar-refractivity contribution in [3.63, 3.8) is 0 Å². The van der Waals surface area contributed by atoms with Gasteiger partial charge in [0.15, 0.2) is 5.16 Å². The number of nitrogens with zero attached hydrogens (tertiary/aromatic N) is 3. The first-order valence-corrected chi connectivity index (χ1v) is 10.7. The van der Waals surface area contributed by atoms with Gasteiger partial charge < -0.3 is 10.6 Å². The number of imide groups is 1. The molecule has 2 heterocycles. The van der Waals surface area contributed by atoms with Crippen LogP contribution in [0.3, 0.4) is 0 Å². The van der Waals surface area contributed by atoms with Crippen LogP contribution >= 0.6 is 11.8 Å². The summed E-state index contributed by atoms with van der Waals surface area (Å²) < 4.78 is 15.2. The second-order valence-electron chi connectivity index (χ2n) is 7.04. The van der Waals surface area contributed by atoms with Gasteiger partial charge >= 0.3 is 6.03 Å². The van der Waals surface area contributed by atoms with Crippen LogP contribution in [0.15, 0.2) is 59.8 Å². The number of urea groups is 1. The molecule has 3 N–H and O–H groups in total. The predicted molar refractivity (Wildman–Crippen MR) is 116 cm³/mol. The highest BCUT2D eigenvalue weighted by atomic mass is 32.2. The van der Waals surface area contributed by atoms with Gasteiger partial charge in [0.05, 0.1) is 5.75 Å². The number of hydrogen-bond donors (Lipinski definition) is 3. The van der Waals surface area contributed by atoms with Crippen LogP contribution in [0, 0.1) is 5.82 Å². The molecule has 1 aliphatic heterocycles. The van der Waals surface area contributed by atoms with Crippen molar-refractivity contribution in [2.45, 2.75) is 24.0 Å². The SMILES string of the molecule is O=C1CC(Cc2nnc(SCC(=O)Nc3ccccc3)n2-c2ccc(F)cc2)NC(=O)N1. The molecule has 4 amide bonds. The lowest BCUT2D eigenvalue weighted by Gasteiger charge is -2.23. The Bertz CT molecular complexity index is 1120. The van der Waals surface area contributed by atoms with E-state index < -0.39 is 17.9 Å². The number of anilines is 1. The zero-order valence-electron chi connectivity index (χ0n) is 16.7. The van der Waals surface area contributed by atoms with Crippen LogP contribution in [0.5, 0.6) is 0 Å². The summed E-state index contributed by atoms with van der Waals surface area (Å²) in [5.41, 5.74) is 1.29. The molecule has 1 saturated heterocycles. The Morgan fingerprint density at radius 1 is 1.12 bits per heavy atom. The molecule has 1 aromatic heterocycles. The number of para-hydroxylation sites is 1. The Labute approximate surface area is 186 Å². The maximum Gasteiger partial charge on any atom is 0.321 e. The van der Waals surface area contributed by atoms with Gasteiger partial charge in [-0.25, -0.2) is 9.18 Å². The Morgan fingerprint density at radius 2 is 1.88 bits per heavy atom. The smallest absolute Gasteiger partial charge is 0.321 e. The van der Waals surface area contributed by atoms with Gasteiger partial charge in [-0.2, -0.15) is 0 Å². The van der Waals surface area contributed by atoms with E-state index in [9.17, 15) is 18.8 Å². The summed E-state index contributed by atoms with van der Waals surface area (Å²) in [5.74, 6) is -0.429. The van der Waals surface area contributed by atoms with E-state index in [0.717, 1.165) is 0 Å². The van der Waals surface area contributed by atoms with E-state index in [0.29, 0.717) is 22.4 Å². The van der Waals surface area contributed by atoms with Gasteiger partial charge in [-0.3, -0.25) is 19.5 Å². The van der Waals surface area contributed by atoms with Crippen LogP contribution < -0.4 is 16.0 Å². The number of amides is 4. The molecule has 0 saturated carbocycles. The number of aromatic nitrogens is 3. The van der Waals surface area contributed by atoms with E-state index in [2.05, 4.69) is 26.1 Å². The van der Waals surface area contributed by atoms with Crippen LogP contribution in [-0.2, 0) is 16.0 Å². The summed E-state index contributed by atoms with van der Waals surface area (Å²) in [4.78, 5) is 35.7. The van der Waals surface area contributed by atoms with Crippen molar-refractivity contribution in [1.82, 2.24) is 25.4 Å². The lowest BCUT2D eigenvalue weighted by atomic mass is 10.1. The van der Waals surface area contributed by atoms with Gasteiger partial charge in [-0.1, -0.05) is 30.0 Å². The second-order valence-corrected chi connectivity index (χ2v) is 7.98. The monoisotopic (exact) mass is 454 g/mol. The maximum atomic E-state index is 13.5. The Morgan fingerprint density at radius 3 is 2.59 bits per heavy atom. The molecule has 1 unspecified atom stereocenters. The number of rotatable bonds is 7. The molecule has 2 aromatic carbocycles. The minimum atomic E-state index is -0.564. The average Bonchev–Trinajstić information content (AvgIpc) is 3.15. The summed E-state index contributed by atoms with van der Waals surface area (Å²) in [5, 5.41) is 16.5. The van der Waals surface area contributed by atoms with Gasteiger partial charge in [0, 0.05) is 30.3 Å². The molecule has 32 heavy (non-hydrogen) atoms. The number of nitrogens with one attached hydrogen (secondary N) is 3. The molecule has 11 heteroatoms. The maximum absolute atomic E-state index is 13.5. The highest BCUT2D eigenvalue weighted by molar-refractivity contribution is 7.99. The van der Waals surface area contributed by atoms with Gasteiger partial charge in [-0.15, -0.1) is 10.2 Å². The molecular formula is C21H19FN6O3S. The summed E-state index contributed by atoms with van der Waals surface area (Å²) in [6, 6.07) is 13.8. The molecule has 164 valence electrons. The minimum Gasteiger partial charge on any atom is -0.334 e. The van der Waals surface area contributed by atoms with Crippen molar-refractivity contribution in [3.8, 4) is 5.69 Å². The number of hydrogen-bond acceptors (Lipinski definition) is 6. The number of carbonyl (C=O) groups excluding carboxylic acids is 3. The lowest BCUT2D eigenvalue weighted by Crippen LogP contribution is -2.53. The van der Waals surface area contributed by atoms with E-state index in [-0.39, 0.29) is 30.4 Å². The molecule has 3 aromatic rings. The average molecular weight is 454 g/mol. The van der Waals surface area contributed by atoms with Gasteiger partial charge in [0.25, 0.3) is 0 Å². The van der Waals surface area contributed by atoms with E-state index in [1.54, 1.807) is 28.8 Å². The second kappa shape index (κ2) is 9.60. The zero-order chi connectivity index (χ0) is 22.5. The van der Waals surface area contributed by atoms with E-state index in [4.69, 9.17) is 0 Å². The van der Waals surface area contributed by atoms with Gasteiger partial charge in [0.2, 0.25) is 11.8 Å². The van der Waals surface area contributed by atoms with Crippen molar-refractivity contribution < 1.29 is 18.8 Å². The molecule has 9 nitrogen and oxygen atoms in total. The molecular weight excluding hydrogens is 435 g/mol. The molecule has 1 atom stereocenters. The normalized spacial score (nSPS) is 15.7. The van der Waals surface area contributed by atoms with Crippen LogP contribution in [0.1, 0.15) is 12.2 Å². The molecule has 0 radical (unpaired) electrons. The fourth-order valence-corrected chi connectivity index (χ4v) is 4.01. The lowest BCUT2D eigenvalue weighted by molar-refractivity contribution is -0.121. The zero-order valence-corrected chi connectivity index (χ0v) is 17.6. The fourth-order valence-electron chi connectivity index (χ4n) is 3.24. The Balaban J connectivity index is 1.53. The van der Waals surface area contributed by atoms with Crippen LogP contribution in [0.4, 0.5) is 14.9 Å². The number of carbonyl (C=O) groups is 3. The summed E-state index contributed by atoms with van der Waals surface area (Å²) in [7, 11) is 0. The van der Waals surface area contributed by atoms with Gasteiger partial charge in [0.1, 0.15) is 11.6 Å². The first kappa shape index (κ1) is 21.5. The standard InChI is InChI=1S/C21H19FN6O3S/c22-13-6-8-16(9-7-13)28-17(10-15-11-18(29)25-20(31)24-15)26-27-21(28)32-12-19(30)23-14-4-2-1-3-5-14/h1-9,15H,10-12H2,(H,23,30)(H2,24,25,29,31). The van der Waals surface area contributed by atoms with Crippen molar-refractivity contribution in [1.29, 1.82) is 0 Å². The van der Waals surface area contributed by atoms with Crippen molar-refractivity contribution in [3.05, 3.63) is 66.2 Å². The summed E-state index contributed by atoms with van der Waals surface area (Å²) in [6.45, 7) is 0. The number of thioether (sulfide) groups is 1. The molecule has 0 aliphatic carbocycles. The number of halogens is 1. The first-order chi connectivity index (χ1) is 15.5. The molecule has 0 bridgehead atoms. The third-order valence-electron chi connectivity index (χ3n) is 4.62. The van der Waals surface area contributed by atoms with Crippen LogP contribution in [0.25, 0.3) is 5.69 Å². The first-order valence-electron chi connectivity index (χ1n) is 9.76. The summed E-state index contributed by atoms with van der Waals surface area (Å²) in [6.07, 6.45) is 0.338. The van der Waals surface area contributed by atoms with E-state index >= 15 is 0 Å². The fraction of sp³-hybridized carbons (Fsp3) is 0.190.